The quantitative estimate of drug-likeness (QED) is 0.548. The minimum Gasteiger partial charge on any atom is -0.447 e. The third-order valence-corrected chi connectivity index (χ3v) is 5.48. The predicted molar refractivity (Wildman–Crippen MR) is 96.3 cm³/mol. The van der Waals surface area contributed by atoms with Gasteiger partial charge in [0.2, 0.25) is 0 Å². The molecule has 0 aromatic heterocycles. The van der Waals surface area contributed by atoms with Gasteiger partial charge in [0.15, 0.2) is 0 Å². The number of fused-ring (bicyclic) bond motifs is 1. The summed E-state index contributed by atoms with van der Waals surface area (Å²) in [7, 11) is -7.95. The monoisotopic (exact) mass is 435 g/mol. The van der Waals surface area contributed by atoms with Crippen LogP contribution in [0.2, 0.25) is 0 Å². The highest BCUT2D eigenvalue weighted by molar-refractivity contribution is 7.86. The van der Waals surface area contributed by atoms with Gasteiger partial charge in [0, 0.05) is 0 Å². The third kappa shape index (κ3) is 5.20. The Balaban J connectivity index is 1.90. The molecular formula is C16H21NO9S2. The van der Waals surface area contributed by atoms with Crippen molar-refractivity contribution in [2.45, 2.75) is 31.0 Å². The average molecular weight is 435 g/mol. The first-order valence-electron chi connectivity index (χ1n) is 8.39. The van der Waals surface area contributed by atoms with E-state index in [0.717, 1.165) is 18.1 Å². The van der Waals surface area contributed by atoms with Crippen LogP contribution in [0.4, 0.5) is 4.79 Å². The van der Waals surface area contributed by atoms with Gasteiger partial charge in [-0.15, -0.1) is 0 Å². The predicted octanol–water partition coefficient (Wildman–Crippen LogP) is 0.0958. The Labute approximate surface area is 163 Å². The Bertz CT molecular complexity index is 917. The standard InChI is InChI=1S/C16H21NO9S2/c1-27(19,20)25-14-12-10-24-16(18)17(12)8-13(15(14)26-28(2,21)22)23-9-11-6-4-3-5-7-11/h3-7,12-15H,8-10H2,1-2H3. The van der Waals surface area contributed by atoms with Gasteiger partial charge in [0.05, 0.1) is 31.7 Å². The van der Waals surface area contributed by atoms with Gasteiger partial charge in [0.25, 0.3) is 20.2 Å². The maximum Gasteiger partial charge on any atom is 0.410 e. The first-order valence-corrected chi connectivity index (χ1v) is 12.0. The van der Waals surface area contributed by atoms with Crippen LogP contribution in [0.25, 0.3) is 0 Å². The molecule has 2 aliphatic rings. The second-order valence-electron chi connectivity index (χ2n) is 6.66. The van der Waals surface area contributed by atoms with Gasteiger partial charge in [-0.1, -0.05) is 30.3 Å². The van der Waals surface area contributed by atoms with Crippen LogP contribution in [0.15, 0.2) is 30.3 Å². The second kappa shape index (κ2) is 7.95. The van der Waals surface area contributed by atoms with Crippen molar-refractivity contribution in [2.75, 3.05) is 25.7 Å². The van der Waals surface area contributed by atoms with Crippen LogP contribution in [0.5, 0.6) is 0 Å². The van der Waals surface area contributed by atoms with Gasteiger partial charge in [-0.2, -0.15) is 16.8 Å². The maximum absolute atomic E-state index is 12.0. The molecule has 4 unspecified atom stereocenters. The van der Waals surface area contributed by atoms with Crippen LogP contribution >= 0.6 is 0 Å². The van der Waals surface area contributed by atoms with Gasteiger partial charge in [-0.25, -0.2) is 4.79 Å². The lowest BCUT2D eigenvalue weighted by molar-refractivity contribution is -0.122. The fourth-order valence-corrected chi connectivity index (χ4v) is 4.52. The molecule has 2 aliphatic heterocycles. The van der Waals surface area contributed by atoms with E-state index < -0.39 is 50.7 Å². The Morgan fingerprint density at radius 2 is 1.64 bits per heavy atom. The second-order valence-corrected chi connectivity index (χ2v) is 9.86. The van der Waals surface area contributed by atoms with Gasteiger partial charge in [-0.3, -0.25) is 13.3 Å². The zero-order valence-electron chi connectivity index (χ0n) is 15.3. The van der Waals surface area contributed by atoms with Crippen LogP contribution in [0.1, 0.15) is 5.56 Å². The van der Waals surface area contributed by atoms with E-state index in [4.69, 9.17) is 17.8 Å². The number of rotatable bonds is 7. The Morgan fingerprint density at radius 3 is 2.25 bits per heavy atom. The van der Waals surface area contributed by atoms with Crippen LogP contribution < -0.4 is 0 Å². The smallest absolute Gasteiger partial charge is 0.410 e. The summed E-state index contributed by atoms with van der Waals surface area (Å²) in [5.41, 5.74) is 0.812. The lowest BCUT2D eigenvalue weighted by atomic mass is 9.95. The molecule has 0 spiro atoms. The molecule has 0 N–H and O–H groups in total. The molecule has 12 heteroatoms. The van der Waals surface area contributed by atoms with E-state index in [0.29, 0.717) is 0 Å². The van der Waals surface area contributed by atoms with Crippen molar-refractivity contribution in [1.29, 1.82) is 0 Å². The third-order valence-electron chi connectivity index (χ3n) is 4.34. The summed E-state index contributed by atoms with van der Waals surface area (Å²) in [6.07, 6.45) is -2.50. The molecule has 3 rings (SSSR count). The molecule has 0 radical (unpaired) electrons. The fourth-order valence-electron chi connectivity index (χ4n) is 3.24. The van der Waals surface area contributed by atoms with Crippen molar-refractivity contribution in [3.05, 3.63) is 35.9 Å². The van der Waals surface area contributed by atoms with Crippen molar-refractivity contribution in [3.63, 3.8) is 0 Å². The number of piperidine rings is 1. The minimum absolute atomic E-state index is 0.0276. The normalized spacial score (nSPS) is 28.1. The number of benzene rings is 1. The Morgan fingerprint density at radius 1 is 1.04 bits per heavy atom. The molecule has 1 aromatic carbocycles. The molecule has 1 aromatic rings. The van der Waals surface area contributed by atoms with E-state index in [1.54, 1.807) is 0 Å². The zero-order valence-corrected chi connectivity index (χ0v) is 16.9. The van der Waals surface area contributed by atoms with E-state index in [2.05, 4.69) is 0 Å². The topological polar surface area (TPSA) is 126 Å². The summed E-state index contributed by atoms with van der Waals surface area (Å²) in [6, 6.07) is 8.27. The van der Waals surface area contributed by atoms with E-state index in [1.807, 2.05) is 30.3 Å². The highest BCUT2D eigenvalue weighted by atomic mass is 32.2. The summed E-state index contributed by atoms with van der Waals surface area (Å²) in [6.45, 7) is -0.0670. The number of cyclic esters (lactones) is 1. The van der Waals surface area contributed by atoms with Crippen molar-refractivity contribution in [2.24, 2.45) is 0 Å². The Hall–Kier alpha value is -1.73. The number of carbonyl (C=O) groups excluding carboxylic acids is 1. The Kier molecular flexibility index (Phi) is 5.96. The number of amides is 1. The van der Waals surface area contributed by atoms with Gasteiger partial charge >= 0.3 is 6.09 Å². The fraction of sp³-hybridized carbons (Fsp3) is 0.562. The van der Waals surface area contributed by atoms with Gasteiger partial charge in [0.1, 0.15) is 24.9 Å². The lowest BCUT2D eigenvalue weighted by Crippen LogP contribution is -2.63. The number of carbonyl (C=O) groups is 1. The van der Waals surface area contributed by atoms with Crippen LogP contribution in [-0.4, -0.2) is 77.8 Å². The minimum atomic E-state index is -3.98. The van der Waals surface area contributed by atoms with Crippen LogP contribution in [-0.2, 0) is 44.7 Å². The van der Waals surface area contributed by atoms with E-state index >= 15 is 0 Å². The van der Waals surface area contributed by atoms with E-state index in [1.165, 1.54) is 4.90 Å². The molecule has 2 saturated heterocycles. The molecule has 4 atom stereocenters. The van der Waals surface area contributed by atoms with Gasteiger partial charge in [-0.05, 0) is 5.56 Å². The summed E-state index contributed by atoms with van der Waals surface area (Å²) < 4.78 is 68.2. The summed E-state index contributed by atoms with van der Waals surface area (Å²) in [4.78, 5) is 13.3. The van der Waals surface area contributed by atoms with Crippen molar-refractivity contribution in [1.82, 2.24) is 4.90 Å². The van der Waals surface area contributed by atoms with E-state index in [-0.39, 0.29) is 19.8 Å². The zero-order chi connectivity index (χ0) is 20.5. The summed E-state index contributed by atoms with van der Waals surface area (Å²) in [5, 5.41) is 0. The van der Waals surface area contributed by atoms with E-state index in [9.17, 15) is 21.6 Å². The lowest BCUT2D eigenvalue weighted by Gasteiger charge is -2.42. The summed E-state index contributed by atoms with van der Waals surface area (Å²) >= 11 is 0. The van der Waals surface area contributed by atoms with Crippen molar-refractivity contribution < 1.29 is 39.5 Å². The number of nitrogens with zero attached hydrogens (tertiary/aromatic N) is 1. The number of hydrogen-bond acceptors (Lipinski definition) is 9. The molecule has 2 fully saturated rings. The largest absolute Gasteiger partial charge is 0.447 e. The average Bonchev–Trinajstić information content (AvgIpc) is 2.95. The number of hydrogen-bond donors (Lipinski definition) is 0. The van der Waals surface area contributed by atoms with Gasteiger partial charge < -0.3 is 9.47 Å². The maximum atomic E-state index is 12.0. The number of ether oxygens (including phenoxy) is 2. The molecule has 2 heterocycles. The molecule has 156 valence electrons. The highest BCUT2D eigenvalue weighted by Gasteiger charge is 2.53. The molecule has 10 nitrogen and oxygen atoms in total. The molecular weight excluding hydrogens is 414 g/mol. The van der Waals surface area contributed by atoms with Crippen molar-refractivity contribution >= 4 is 26.3 Å². The molecule has 0 aliphatic carbocycles. The highest BCUT2D eigenvalue weighted by Crippen LogP contribution is 2.32. The molecule has 0 bridgehead atoms. The first kappa shape index (κ1) is 21.0. The first-order chi connectivity index (χ1) is 13.0. The SMILES string of the molecule is CS(=O)(=O)OC1C(OCc2ccccc2)CN2C(=O)OCC2C1OS(C)(=O)=O. The molecule has 1 amide bonds. The molecule has 0 saturated carbocycles. The molecule has 28 heavy (non-hydrogen) atoms. The van der Waals surface area contributed by atoms with Crippen LogP contribution in [0, 0.1) is 0 Å². The van der Waals surface area contributed by atoms with Crippen molar-refractivity contribution in [3.8, 4) is 0 Å². The van der Waals surface area contributed by atoms with Crippen LogP contribution in [0.3, 0.4) is 0 Å². The summed E-state index contributed by atoms with van der Waals surface area (Å²) in [5.74, 6) is 0.